The second-order valence-corrected chi connectivity index (χ2v) is 12.9. The first-order valence-corrected chi connectivity index (χ1v) is 15.3. The van der Waals surface area contributed by atoms with Crippen molar-refractivity contribution in [3.05, 3.63) is 60.7 Å². The number of carbonyl (C=O) groups is 2. The maximum Gasteiger partial charge on any atom is 0.222 e. The van der Waals surface area contributed by atoms with E-state index in [2.05, 4.69) is 44.0 Å². The Morgan fingerprint density at radius 3 is 2.56 bits per heavy atom. The Hall–Kier alpha value is -1.24. The molecule has 4 nitrogen and oxygen atoms in total. The van der Waals surface area contributed by atoms with Crippen LogP contribution >= 0.6 is 43.5 Å². The van der Waals surface area contributed by atoms with Crippen molar-refractivity contribution in [1.29, 1.82) is 0 Å². The highest BCUT2D eigenvalue weighted by atomic mass is 79.9. The monoisotopic (exact) mass is 634 g/mol. The van der Waals surface area contributed by atoms with Gasteiger partial charge >= 0.3 is 0 Å². The number of piperidine rings is 1. The zero-order valence-corrected chi connectivity index (χ0v) is 24.5. The van der Waals surface area contributed by atoms with Gasteiger partial charge in [-0.15, -0.1) is 0 Å². The predicted octanol–water partition coefficient (Wildman–Crippen LogP) is 7.66. The van der Waals surface area contributed by atoms with Crippen LogP contribution in [0.2, 0.25) is 5.02 Å². The van der Waals surface area contributed by atoms with Gasteiger partial charge in [-0.25, -0.2) is 0 Å². The maximum absolute atomic E-state index is 13.0. The van der Waals surface area contributed by atoms with Crippen molar-refractivity contribution < 1.29 is 9.59 Å². The van der Waals surface area contributed by atoms with Crippen molar-refractivity contribution in [3.8, 4) is 0 Å². The van der Waals surface area contributed by atoms with Crippen LogP contribution < -0.4 is 0 Å². The summed E-state index contributed by atoms with van der Waals surface area (Å²) in [4.78, 5) is 32.2. The van der Waals surface area contributed by atoms with Gasteiger partial charge in [-0.2, -0.15) is 0 Å². The quantitative estimate of drug-likeness (QED) is 0.346. The number of aryl methyl sites for hydroxylation is 2. The van der Waals surface area contributed by atoms with E-state index in [1.807, 2.05) is 17.2 Å². The number of nitrogens with zero attached hydrogens (tertiary/aromatic N) is 2. The number of halogens is 3. The Morgan fingerprint density at radius 2 is 1.78 bits per heavy atom. The molecular formula is C29H33Br2ClN2O2. The minimum Gasteiger partial charge on any atom is -0.343 e. The SMILES string of the molecule is O=C1CCCCC1CCC(=O)N1CCC([C@H]2c3ncc(Br)cc3CCCc3cc(Cl)cc(Br)c32)CC1. The van der Waals surface area contributed by atoms with E-state index < -0.39 is 0 Å². The van der Waals surface area contributed by atoms with Gasteiger partial charge in [0, 0.05) is 57.9 Å². The van der Waals surface area contributed by atoms with Crippen LogP contribution in [0, 0.1) is 11.8 Å². The molecule has 0 radical (unpaired) electrons. The minimum atomic E-state index is 0.0951. The van der Waals surface area contributed by atoms with Gasteiger partial charge < -0.3 is 4.90 Å². The Balaban J connectivity index is 1.34. The third kappa shape index (κ3) is 5.76. The number of amides is 1. The van der Waals surface area contributed by atoms with E-state index in [0.717, 1.165) is 78.4 Å². The van der Waals surface area contributed by atoms with E-state index in [1.54, 1.807) is 0 Å². The van der Waals surface area contributed by atoms with Crippen LogP contribution in [-0.2, 0) is 22.4 Å². The molecule has 5 rings (SSSR count). The lowest BCUT2D eigenvalue weighted by Gasteiger charge is -2.38. The lowest BCUT2D eigenvalue weighted by atomic mass is 9.73. The number of Topliss-reactive ketones (excluding diaryl/α,β-unsaturated/α-hetero) is 1. The molecule has 192 valence electrons. The molecule has 0 N–H and O–H groups in total. The average molecular weight is 637 g/mol. The number of aromatic nitrogens is 1. The maximum atomic E-state index is 13.0. The van der Waals surface area contributed by atoms with Gasteiger partial charge in [0.05, 0.1) is 5.69 Å². The molecule has 2 heterocycles. The molecule has 3 aliphatic rings. The second-order valence-electron chi connectivity index (χ2n) is 10.7. The van der Waals surface area contributed by atoms with Crippen LogP contribution in [0.15, 0.2) is 33.3 Å². The molecular weight excluding hydrogens is 604 g/mol. The zero-order chi connectivity index (χ0) is 25.2. The molecule has 36 heavy (non-hydrogen) atoms. The summed E-state index contributed by atoms with van der Waals surface area (Å²) in [5.74, 6) is 1.24. The summed E-state index contributed by atoms with van der Waals surface area (Å²) in [6.45, 7) is 1.54. The molecule has 2 fully saturated rings. The van der Waals surface area contributed by atoms with E-state index in [1.165, 1.54) is 22.4 Å². The summed E-state index contributed by atoms with van der Waals surface area (Å²) in [5.41, 5.74) is 5.11. The van der Waals surface area contributed by atoms with Gasteiger partial charge in [0.15, 0.2) is 0 Å². The van der Waals surface area contributed by atoms with E-state index in [-0.39, 0.29) is 17.7 Å². The second kappa shape index (κ2) is 11.7. The Morgan fingerprint density at radius 1 is 1.00 bits per heavy atom. The van der Waals surface area contributed by atoms with Crippen LogP contribution in [0.4, 0.5) is 0 Å². The van der Waals surface area contributed by atoms with Crippen LogP contribution in [0.25, 0.3) is 0 Å². The number of fused-ring (bicyclic) bond motifs is 2. The summed E-state index contributed by atoms with van der Waals surface area (Å²) in [5, 5.41) is 0.765. The first-order chi connectivity index (χ1) is 17.4. The molecule has 2 atom stereocenters. The molecule has 1 aromatic carbocycles. The summed E-state index contributed by atoms with van der Waals surface area (Å²) in [6.07, 6.45) is 11.9. The number of hydrogen-bond donors (Lipinski definition) is 0. The van der Waals surface area contributed by atoms with E-state index >= 15 is 0 Å². The highest BCUT2D eigenvalue weighted by Crippen LogP contribution is 2.45. The number of rotatable bonds is 4. The van der Waals surface area contributed by atoms with Gasteiger partial charge in [0.1, 0.15) is 5.78 Å². The van der Waals surface area contributed by atoms with Gasteiger partial charge in [-0.05, 0) is 108 Å². The van der Waals surface area contributed by atoms with E-state index in [0.29, 0.717) is 31.0 Å². The van der Waals surface area contributed by atoms with Gasteiger partial charge in [-0.1, -0.05) is 34.0 Å². The summed E-state index contributed by atoms with van der Waals surface area (Å²) >= 11 is 13.9. The van der Waals surface area contributed by atoms with Gasteiger partial charge in [-0.3, -0.25) is 14.6 Å². The van der Waals surface area contributed by atoms with Crippen LogP contribution in [-0.4, -0.2) is 34.7 Å². The summed E-state index contributed by atoms with van der Waals surface area (Å²) in [6, 6.07) is 6.37. The fourth-order valence-electron chi connectivity index (χ4n) is 6.53. The highest BCUT2D eigenvalue weighted by Gasteiger charge is 2.36. The predicted molar refractivity (Wildman–Crippen MR) is 150 cm³/mol. The minimum absolute atomic E-state index is 0.0951. The number of hydrogen-bond acceptors (Lipinski definition) is 3. The van der Waals surface area contributed by atoms with Crippen molar-refractivity contribution in [2.24, 2.45) is 11.8 Å². The number of pyridine rings is 1. The smallest absolute Gasteiger partial charge is 0.222 e. The number of benzene rings is 1. The van der Waals surface area contributed by atoms with Crippen molar-refractivity contribution in [2.45, 2.75) is 76.5 Å². The van der Waals surface area contributed by atoms with Crippen molar-refractivity contribution >= 4 is 55.2 Å². The molecule has 1 saturated carbocycles. The third-order valence-electron chi connectivity index (χ3n) is 8.40. The fraction of sp³-hybridized carbons (Fsp3) is 0.552. The lowest BCUT2D eigenvalue weighted by molar-refractivity contribution is -0.133. The van der Waals surface area contributed by atoms with E-state index in [9.17, 15) is 9.59 Å². The number of carbonyl (C=O) groups excluding carboxylic acids is 2. The molecule has 1 amide bonds. The number of likely N-dealkylation sites (tertiary alicyclic amines) is 1. The van der Waals surface area contributed by atoms with Crippen LogP contribution in [0.3, 0.4) is 0 Å². The molecule has 7 heteroatoms. The van der Waals surface area contributed by atoms with Crippen molar-refractivity contribution in [3.63, 3.8) is 0 Å². The van der Waals surface area contributed by atoms with Crippen LogP contribution in [0.5, 0.6) is 0 Å². The third-order valence-corrected chi connectivity index (χ3v) is 9.71. The van der Waals surface area contributed by atoms with E-state index in [4.69, 9.17) is 16.6 Å². The highest BCUT2D eigenvalue weighted by molar-refractivity contribution is 9.10. The standard InChI is InChI=1S/C29H33Br2ClN2O2/c30-22-14-21-6-3-5-20-15-23(32)16-24(31)27(20)28(29(21)33-17-22)19-10-12-34(13-11-19)26(36)9-8-18-4-1-2-7-25(18)35/h14-19,28H,1-13H2/t18?,28-/m1/s1. The topological polar surface area (TPSA) is 50.3 Å². The molecule has 1 aromatic heterocycles. The molecule has 2 aliphatic carbocycles. The molecule has 1 aliphatic heterocycles. The molecule has 1 unspecified atom stereocenters. The average Bonchev–Trinajstić information content (AvgIpc) is 2.85. The zero-order valence-electron chi connectivity index (χ0n) is 20.6. The Bertz CT molecular complexity index is 1150. The first kappa shape index (κ1) is 26.4. The number of ketones is 1. The lowest BCUT2D eigenvalue weighted by Crippen LogP contribution is -2.40. The summed E-state index contributed by atoms with van der Waals surface area (Å²) < 4.78 is 2.08. The first-order valence-electron chi connectivity index (χ1n) is 13.3. The molecule has 0 spiro atoms. The Labute approximate surface area is 235 Å². The van der Waals surface area contributed by atoms with Gasteiger partial charge in [0.25, 0.3) is 0 Å². The molecule has 2 aromatic rings. The largest absolute Gasteiger partial charge is 0.343 e. The Kier molecular flexibility index (Phi) is 8.54. The van der Waals surface area contributed by atoms with Gasteiger partial charge in [0.2, 0.25) is 5.91 Å². The van der Waals surface area contributed by atoms with Crippen molar-refractivity contribution in [2.75, 3.05) is 13.1 Å². The van der Waals surface area contributed by atoms with Crippen LogP contribution in [0.1, 0.15) is 86.1 Å². The molecule has 0 bridgehead atoms. The summed E-state index contributed by atoms with van der Waals surface area (Å²) in [7, 11) is 0. The van der Waals surface area contributed by atoms with Crippen molar-refractivity contribution in [1.82, 2.24) is 9.88 Å². The fourth-order valence-corrected chi connectivity index (χ4v) is 8.03. The molecule has 1 saturated heterocycles. The normalized spacial score (nSPS) is 23.0.